The number of halogens is 1. The summed E-state index contributed by atoms with van der Waals surface area (Å²) < 4.78 is 1.37. The van der Waals surface area contributed by atoms with Crippen LogP contribution in [-0.4, -0.2) is 26.3 Å². The molecule has 0 bridgehead atoms. The van der Waals surface area contributed by atoms with Crippen molar-refractivity contribution in [3.8, 4) is 0 Å². The Morgan fingerprint density at radius 2 is 2.36 bits per heavy atom. The van der Waals surface area contributed by atoms with Crippen LogP contribution in [0.2, 0.25) is 5.02 Å². The van der Waals surface area contributed by atoms with Crippen molar-refractivity contribution in [2.75, 3.05) is 0 Å². The lowest BCUT2D eigenvalue weighted by Gasteiger charge is -2.19. The van der Waals surface area contributed by atoms with Crippen LogP contribution in [0, 0.1) is 0 Å². The fourth-order valence-corrected chi connectivity index (χ4v) is 1.33. The third kappa shape index (κ3) is 1.81. The highest BCUT2D eigenvalue weighted by Crippen LogP contribution is 2.22. The summed E-state index contributed by atoms with van der Waals surface area (Å²) in [7, 11) is 1.62. The third-order valence-electron chi connectivity index (χ3n) is 2.29. The van der Waals surface area contributed by atoms with Crippen molar-refractivity contribution in [3.05, 3.63) is 16.9 Å². The third-order valence-corrected chi connectivity index (χ3v) is 2.56. The Labute approximate surface area is 87.5 Å². The van der Waals surface area contributed by atoms with Crippen LogP contribution in [0.3, 0.4) is 0 Å². The summed E-state index contributed by atoms with van der Waals surface area (Å²) in [4.78, 5) is 11.8. The number of Topliss-reactive ketones (excluding diaryl/α,β-unsaturated/α-hetero) is 1. The van der Waals surface area contributed by atoms with Gasteiger partial charge in [-0.15, -0.1) is 0 Å². The summed E-state index contributed by atoms with van der Waals surface area (Å²) in [5, 5.41) is 13.9. The Kier molecular flexibility index (Phi) is 2.97. The quantitative estimate of drug-likeness (QED) is 0.778. The van der Waals surface area contributed by atoms with Gasteiger partial charge in [-0.1, -0.05) is 18.5 Å². The van der Waals surface area contributed by atoms with E-state index in [-0.39, 0.29) is 10.7 Å². The maximum absolute atomic E-state index is 11.8. The zero-order chi connectivity index (χ0) is 10.9. The van der Waals surface area contributed by atoms with Crippen LogP contribution in [0.25, 0.3) is 0 Å². The van der Waals surface area contributed by atoms with Crippen LogP contribution in [0.4, 0.5) is 0 Å². The highest BCUT2D eigenvalue weighted by Gasteiger charge is 2.32. The minimum absolute atomic E-state index is 0.249. The number of carbonyl (C=O) groups excluding carboxylic acids is 1. The first kappa shape index (κ1) is 11.2. The first-order valence-corrected chi connectivity index (χ1v) is 4.72. The van der Waals surface area contributed by atoms with E-state index in [1.54, 1.807) is 14.0 Å². The molecule has 0 aromatic carbocycles. The first-order chi connectivity index (χ1) is 6.40. The molecule has 0 radical (unpaired) electrons. The van der Waals surface area contributed by atoms with Crippen molar-refractivity contribution in [3.63, 3.8) is 0 Å². The van der Waals surface area contributed by atoms with Crippen molar-refractivity contribution in [1.82, 2.24) is 9.78 Å². The second-order valence-electron chi connectivity index (χ2n) is 3.42. The molecule has 1 rings (SSSR count). The molecule has 78 valence electrons. The number of nitrogens with zero attached hydrogens (tertiary/aromatic N) is 2. The highest BCUT2D eigenvalue weighted by molar-refractivity contribution is 6.34. The van der Waals surface area contributed by atoms with Crippen LogP contribution in [-0.2, 0) is 7.05 Å². The number of hydrogen-bond acceptors (Lipinski definition) is 3. The van der Waals surface area contributed by atoms with Crippen molar-refractivity contribution < 1.29 is 9.90 Å². The van der Waals surface area contributed by atoms with E-state index in [1.807, 2.05) is 0 Å². The van der Waals surface area contributed by atoms with Crippen LogP contribution >= 0.6 is 11.6 Å². The monoisotopic (exact) mass is 216 g/mol. The summed E-state index contributed by atoms with van der Waals surface area (Å²) >= 11 is 5.79. The Morgan fingerprint density at radius 1 is 1.79 bits per heavy atom. The van der Waals surface area contributed by atoms with Crippen molar-refractivity contribution in [1.29, 1.82) is 0 Å². The van der Waals surface area contributed by atoms with Gasteiger partial charge in [0.15, 0.2) is 0 Å². The lowest BCUT2D eigenvalue weighted by atomic mass is 9.95. The molecule has 1 atom stereocenters. The van der Waals surface area contributed by atoms with E-state index in [2.05, 4.69) is 5.10 Å². The normalized spacial score (nSPS) is 15.2. The van der Waals surface area contributed by atoms with Gasteiger partial charge in [-0.25, -0.2) is 0 Å². The maximum Gasteiger partial charge on any atom is 0.213 e. The molecule has 1 aromatic heterocycles. The van der Waals surface area contributed by atoms with Crippen LogP contribution in [0.15, 0.2) is 6.20 Å². The first-order valence-electron chi connectivity index (χ1n) is 4.35. The SMILES string of the molecule is CCC(C)(O)C(=O)c1c(Cl)cnn1C. The van der Waals surface area contributed by atoms with Gasteiger partial charge in [0.1, 0.15) is 11.3 Å². The number of rotatable bonds is 3. The molecule has 0 amide bonds. The summed E-state index contributed by atoms with van der Waals surface area (Å²) in [6, 6.07) is 0. The number of ketones is 1. The Balaban J connectivity index is 3.13. The van der Waals surface area contributed by atoms with Gasteiger partial charge in [-0.3, -0.25) is 9.48 Å². The summed E-state index contributed by atoms with van der Waals surface area (Å²) in [5.74, 6) is -0.398. The molecule has 1 unspecified atom stereocenters. The van der Waals surface area contributed by atoms with E-state index in [1.165, 1.54) is 17.8 Å². The smallest absolute Gasteiger partial charge is 0.213 e. The van der Waals surface area contributed by atoms with Gasteiger partial charge < -0.3 is 5.11 Å². The standard InChI is InChI=1S/C9H13ClN2O2/c1-4-9(2,14)8(13)7-6(10)5-11-12(7)3/h5,14H,4H2,1-3H3. The molecule has 0 saturated heterocycles. The summed E-state index contributed by atoms with van der Waals surface area (Å²) in [6.45, 7) is 3.21. The molecule has 14 heavy (non-hydrogen) atoms. The molecule has 0 fully saturated rings. The van der Waals surface area contributed by atoms with E-state index < -0.39 is 11.4 Å². The molecule has 0 aliphatic heterocycles. The molecule has 0 aliphatic rings. The predicted octanol–water partition coefficient (Wildman–Crippen LogP) is 1.42. The molecule has 5 heteroatoms. The van der Waals surface area contributed by atoms with Crippen molar-refractivity contribution >= 4 is 17.4 Å². The lowest BCUT2D eigenvalue weighted by molar-refractivity contribution is 0.0381. The molecule has 1 heterocycles. The van der Waals surface area contributed by atoms with E-state index in [0.29, 0.717) is 6.42 Å². The molecule has 1 N–H and O–H groups in total. The average Bonchev–Trinajstić information content (AvgIpc) is 2.45. The Bertz CT molecular complexity index is 338. The minimum atomic E-state index is -1.38. The van der Waals surface area contributed by atoms with E-state index in [0.717, 1.165) is 0 Å². The maximum atomic E-state index is 11.8. The number of aryl methyl sites for hydroxylation is 1. The largest absolute Gasteiger partial charge is 0.382 e. The molecule has 0 saturated carbocycles. The van der Waals surface area contributed by atoms with Crippen LogP contribution in [0.1, 0.15) is 30.8 Å². The van der Waals surface area contributed by atoms with E-state index in [4.69, 9.17) is 11.6 Å². The van der Waals surface area contributed by atoms with Gasteiger partial charge in [0.05, 0.1) is 11.2 Å². The lowest BCUT2D eigenvalue weighted by Crippen LogP contribution is -2.35. The fraction of sp³-hybridized carbons (Fsp3) is 0.556. The second kappa shape index (κ2) is 3.71. The zero-order valence-electron chi connectivity index (χ0n) is 8.41. The molecule has 0 aliphatic carbocycles. The van der Waals surface area contributed by atoms with Crippen molar-refractivity contribution in [2.24, 2.45) is 7.05 Å². The summed E-state index contributed by atoms with van der Waals surface area (Å²) in [6.07, 6.45) is 1.73. The van der Waals surface area contributed by atoms with E-state index in [9.17, 15) is 9.90 Å². The second-order valence-corrected chi connectivity index (χ2v) is 3.83. The van der Waals surface area contributed by atoms with Gasteiger partial charge in [-0.2, -0.15) is 5.10 Å². The zero-order valence-corrected chi connectivity index (χ0v) is 9.17. The Hall–Kier alpha value is -0.870. The van der Waals surface area contributed by atoms with Crippen LogP contribution in [0.5, 0.6) is 0 Å². The van der Waals surface area contributed by atoms with Crippen molar-refractivity contribution in [2.45, 2.75) is 25.9 Å². The average molecular weight is 217 g/mol. The molecule has 1 aromatic rings. The van der Waals surface area contributed by atoms with Gasteiger partial charge in [0.2, 0.25) is 5.78 Å². The molecule has 4 nitrogen and oxygen atoms in total. The minimum Gasteiger partial charge on any atom is -0.382 e. The van der Waals surface area contributed by atoms with Gasteiger partial charge >= 0.3 is 0 Å². The highest BCUT2D eigenvalue weighted by atomic mass is 35.5. The Morgan fingerprint density at radius 3 is 2.71 bits per heavy atom. The van der Waals surface area contributed by atoms with Crippen LogP contribution < -0.4 is 0 Å². The summed E-state index contributed by atoms with van der Waals surface area (Å²) in [5.41, 5.74) is -1.13. The fourth-order valence-electron chi connectivity index (χ4n) is 1.08. The number of hydrogen-bond donors (Lipinski definition) is 1. The number of aliphatic hydroxyl groups is 1. The van der Waals surface area contributed by atoms with Gasteiger partial charge in [0.25, 0.3) is 0 Å². The number of aromatic nitrogens is 2. The molecular formula is C9H13ClN2O2. The van der Waals surface area contributed by atoms with Gasteiger partial charge in [0, 0.05) is 7.05 Å². The number of carbonyl (C=O) groups is 1. The predicted molar refractivity (Wildman–Crippen MR) is 53.5 cm³/mol. The molecule has 0 spiro atoms. The van der Waals surface area contributed by atoms with Gasteiger partial charge in [-0.05, 0) is 13.3 Å². The van der Waals surface area contributed by atoms with E-state index >= 15 is 0 Å². The molecular weight excluding hydrogens is 204 g/mol. The topological polar surface area (TPSA) is 55.1 Å².